The number of nitro benzene ring substituents is 1. The molecule has 2 aromatic rings. The molecule has 0 spiro atoms. The van der Waals surface area contributed by atoms with Crippen molar-refractivity contribution in [2.24, 2.45) is 5.41 Å². The SMILES string of the molecule is CCCCCC12CCC(c3ccc([C@H](O)Cc4ccc([N+](=O)[O-])cc4F)cc3)(CC1)CC2. The maximum absolute atomic E-state index is 14.2. The molecule has 3 saturated carbocycles. The summed E-state index contributed by atoms with van der Waals surface area (Å²) in [5.74, 6) is -0.652. The second-order valence-corrected chi connectivity index (χ2v) is 10.1. The molecule has 5 heteroatoms. The Kier molecular flexibility index (Phi) is 6.66. The molecule has 0 saturated heterocycles. The molecule has 0 heterocycles. The van der Waals surface area contributed by atoms with E-state index in [0.29, 0.717) is 5.41 Å². The van der Waals surface area contributed by atoms with Gasteiger partial charge in [-0.3, -0.25) is 10.1 Å². The van der Waals surface area contributed by atoms with E-state index in [0.717, 1.165) is 11.6 Å². The molecular formula is C27H34FNO3. The van der Waals surface area contributed by atoms with Gasteiger partial charge in [0.1, 0.15) is 5.82 Å². The van der Waals surface area contributed by atoms with Crippen molar-refractivity contribution >= 4 is 5.69 Å². The molecule has 0 amide bonds. The predicted octanol–water partition coefficient (Wildman–Crippen LogP) is 7.18. The Morgan fingerprint density at radius 1 is 1.03 bits per heavy atom. The van der Waals surface area contributed by atoms with Crippen molar-refractivity contribution in [3.8, 4) is 0 Å². The molecule has 3 aliphatic rings. The third-order valence-corrected chi connectivity index (χ3v) is 8.28. The molecule has 172 valence electrons. The highest BCUT2D eigenvalue weighted by Gasteiger charge is 2.48. The largest absolute Gasteiger partial charge is 0.388 e. The average molecular weight is 440 g/mol. The summed E-state index contributed by atoms with van der Waals surface area (Å²) < 4.78 is 14.2. The van der Waals surface area contributed by atoms with E-state index in [1.54, 1.807) is 0 Å². The Labute approximate surface area is 190 Å². The first-order valence-corrected chi connectivity index (χ1v) is 12.1. The maximum Gasteiger partial charge on any atom is 0.272 e. The lowest BCUT2D eigenvalue weighted by atomic mass is 9.51. The van der Waals surface area contributed by atoms with E-state index in [1.165, 1.54) is 81.9 Å². The lowest BCUT2D eigenvalue weighted by Crippen LogP contribution is -2.44. The fraction of sp³-hybridized carbons (Fsp3) is 0.556. The van der Waals surface area contributed by atoms with Crippen LogP contribution in [-0.2, 0) is 11.8 Å². The Balaban J connectivity index is 1.40. The Hall–Kier alpha value is -2.27. The van der Waals surface area contributed by atoms with Gasteiger partial charge in [0.05, 0.1) is 17.1 Å². The first kappa shape index (κ1) is 22.9. The van der Waals surface area contributed by atoms with Crippen LogP contribution in [0.2, 0.25) is 0 Å². The van der Waals surface area contributed by atoms with Gasteiger partial charge < -0.3 is 5.11 Å². The van der Waals surface area contributed by atoms with E-state index >= 15 is 0 Å². The molecule has 3 fully saturated rings. The van der Waals surface area contributed by atoms with E-state index in [4.69, 9.17) is 0 Å². The standard InChI is InChI=1S/C27H34FNO3/c1-2-3-4-11-26-12-15-27(16-13-26,17-14-26)22-8-5-20(6-9-22)25(30)18-21-7-10-23(29(31)32)19-24(21)28/h5-10,19,25,30H,2-4,11-18H2,1H3/t25-,26?,27?/m1/s1. The Bertz CT molecular complexity index is 931. The monoisotopic (exact) mass is 439 g/mol. The number of aliphatic hydroxyl groups is 1. The quantitative estimate of drug-likeness (QED) is 0.256. The lowest BCUT2D eigenvalue weighted by molar-refractivity contribution is -0.385. The third kappa shape index (κ3) is 4.59. The summed E-state index contributed by atoms with van der Waals surface area (Å²) >= 11 is 0. The first-order chi connectivity index (χ1) is 15.4. The van der Waals surface area contributed by atoms with E-state index in [2.05, 4.69) is 19.1 Å². The molecule has 0 radical (unpaired) electrons. The van der Waals surface area contributed by atoms with Crippen molar-refractivity contribution in [1.29, 1.82) is 0 Å². The predicted molar refractivity (Wildman–Crippen MR) is 124 cm³/mol. The van der Waals surface area contributed by atoms with Crippen LogP contribution in [0, 0.1) is 21.3 Å². The van der Waals surface area contributed by atoms with Gasteiger partial charge >= 0.3 is 0 Å². The van der Waals surface area contributed by atoms with Crippen LogP contribution >= 0.6 is 0 Å². The fourth-order valence-corrected chi connectivity index (χ4v) is 6.02. The third-order valence-electron chi connectivity index (χ3n) is 8.28. The van der Waals surface area contributed by atoms with Crippen molar-refractivity contribution in [2.45, 2.75) is 89.1 Å². The van der Waals surface area contributed by atoms with Crippen LogP contribution in [0.1, 0.15) is 93.9 Å². The van der Waals surface area contributed by atoms with Crippen LogP contribution < -0.4 is 0 Å². The summed E-state index contributed by atoms with van der Waals surface area (Å²) in [4.78, 5) is 10.2. The number of benzene rings is 2. The number of nitrogens with zero attached hydrogens (tertiary/aromatic N) is 1. The van der Waals surface area contributed by atoms with Crippen molar-refractivity contribution in [2.75, 3.05) is 0 Å². The number of nitro groups is 1. The van der Waals surface area contributed by atoms with Gasteiger partial charge in [0.15, 0.2) is 0 Å². The molecule has 32 heavy (non-hydrogen) atoms. The summed E-state index contributed by atoms with van der Waals surface area (Å²) in [6.07, 6.45) is 12.4. The average Bonchev–Trinajstić information content (AvgIpc) is 2.81. The first-order valence-electron chi connectivity index (χ1n) is 12.1. The van der Waals surface area contributed by atoms with Gasteiger partial charge in [-0.1, -0.05) is 50.5 Å². The lowest BCUT2D eigenvalue weighted by Gasteiger charge is -2.54. The minimum atomic E-state index is -0.846. The number of hydrogen-bond donors (Lipinski definition) is 1. The molecule has 0 aliphatic heterocycles. The minimum Gasteiger partial charge on any atom is -0.388 e. The number of unbranched alkanes of at least 4 members (excludes halogenated alkanes) is 2. The number of halogens is 1. The van der Waals surface area contributed by atoms with Crippen LogP contribution in [0.5, 0.6) is 0 Å². The second kappa shape index (κ2) is 9.30. The highest BCUT2D eigenvalue weighted by Crippen LogP contribution is 2.59. The maximum atomic E-state index is 14.2. The number of hydrogen-bond acceptors (Lipinski definition) is 3. The summed E-state index contributed by atoms with van der Waals surface area (Å²) in [6, 6.07) is 11.8. The second-order valence-electron chi connectivity index (χ2n) is 10.1. The van der Waals surface area contributed by atoms with Crippen LogP contribution in [-0.4, -0.2) is 10.0 Å². The molecule has 2 bridgehead atoms. The van der Waals surface area contributed by atoms with Gasteiger partial charge in [-0.25, -0.2) is 4.39 Å². The molecular weight excluding hydrogens is 405 g/mol. The highest BCUT2D eigenvalue weighted by atomic mass is 19.1. The summed E-state index contributed by atoms with van der Waals surface area (Å²) in [6.45, 7) is 2.27. The van der Waals surface area contributed by atoms with Crippen molar-refractivity contribution in [3.63, 3.8) is 0 Å². The van der Waals surface area contributed by atoms with Crippen molar-refractivity contribution in [3.05, 3.63) is 75.1 Å². The number of fused-ring (bicyclic) bond motifs is 3. The van der Waals surface area contributed by atoms with Gasteiger partial charge in [-0.15, -0.1) is 0 Å². The van der Waals surface area contributed by atoms with E-state index in [1.807, 2.05) is 12.1 Å². The normalized spacial score (nSPS) is 25.6. The minimum absolute atomic E-state index is 0.0919. The highest BCUT2D eigenvalue weighted by molar-refractivity contribution is 5.36. The molecule has 3 aliphatic carbocycles. The summed E-state index contributed by atoms with van der Waals surface area (Å²) in [5.41, 5.74) is 2.99. The summed E-state index contributed by atoms with van der Waals surface area (Å²) in [5, 5.41) is 21.4. The van der Waals surface area contributed by atoms with E-state index in [-0.39, 0.29) is 23.1 Å². The van der Waals surface area contributed by atoms with E-state index < -0.39 is 16.8 Å². The summed E-state index contributed by atoms with van der Waals surface area (Å²) in [7, 11) is 0. The molecule has 1 atom stereocenters. The zero-order valence-corrected chi connectivity index (χ0v) is 19.0. The van der Waals surface area contributed by atoms with Crippen LogP contribution in [0.15, 0.2) is 42.5 Å². The van der Waals surface area contributed by atoms with Crippen LogP contribution in [0.4, 0.5) is 10.1 Å². The van der Waals surface area contributed by atoms with Crippen molar-refractivity contribution < 1.29 is 14.4 Å². The van der Waals surface area contributed by atoms with Crippen molar-refractivity contribution in [1.82, 2.24) is 0 Å². The molecule has 4 nitrogen and oxygen atoms in total. The molecule has 0 unspecified atom stereocenters. The zero-order chi connectivity index (χ0) is 22.8. The van der Waals surface area contributed by atoms with Gasteiger partial charge in [0, 0.05) is 12.5 Å². The number of aliphatic hydroxyl groups excluding tert-OH is 1. The van der Waals surface area contributed by atoms with Crippen LogP contribution in [0.3, 0.4) is 0 Å². The fourth-order valence-electron chi connectivity index (χ4n) is 6.02. The van der Waals surface area contributed by atoms with Gasteiger partial charge in [0.25, 0.3) is 5.69 Å². The van der Waals surface area contributed by atoms with Crippen LogP contribution in [0.25, 0.3) is 0 Å². The molecule has 0 aromatic heterocycles. The Morgan fingerprint density at radius 3 is 2.25 bits per heavy atom. The van der Waals surface area contributed by atoms with Gasteiger partial charge in [-0.05, 0) is 78.5 Å². The number of rotatable bonds is 9. The smallest absolute Gasteiger partial charge is 0.272 e. The molecule has 2 aromatic carbocycles. The molecule has 1 N–H and O–H groups in total. The van der Waals surface area contributed by atoms with E-state index in [9.17, 15) is 19.6 Å². The topological polar surface area (TPSA) is 63.4 Å². The Morgan fingerprint density at radius 2 is 1.69 bits per heavy atom. The molecule has 5 rings (SSSR count). The number of non-ortho nitro benzene ring substituents is 1. The zero-order valence-electron chi connectivity index (χ0n) is 19.0. The van der Waals surface area contributed by atoms with Gasteiger partial charge in [-0.2, -0.15) is 0 Å². The van der Waals surface area contributed by atoms with Gasteiger partial charge in [0.2, 0.25) is 0 Å².